The average Bonchev–Trinajstić information content (AvgIpc) is 3.44. The number of hydrogen-bond acceptors (Lipinski definition) is 8. The van der Waals surface area contributed by atoms with Gasteiger partial charge >= 0.3 is 6.01 Å². The number of halogens is 3. The molecule has 2 aromatic heterocycles. The molecule has 1 N–H and O–H groups in total. The number of rotatable bonds is 5. The fraction of sp³-hybridized carbons (Fsp3) is 0.424. The smallest absolute Gasteiger partial charge is 0.319 e. The van der Waals surface area contributed by atoms with Crippen molar-refractivity contribution in [1.29, 1.82) is 0 Å². The van der Waals surface area contributed by atoms with E-state index in [0.29, 0.717) is 36.1 Å². The fourth-order valence-corrected chi connectivity index (χ4v) is 7.21. The molecular weight excluding hydrogens is 569 g/mol. The number of hydrazine groups is 1. The van der Waals surface area contributed by atoms with Crippen LogP contribution in [0.1, 0.15) is 44.1 Å². The van der Waals surface area contributed by atoms with Crippen LogP contribution in [0, 0.1) is 24.0 Å². The molecule has 3 saturated heterocycles. The SMILES string of the molecule is C#Cc1c(F)ccc2cc(O)cc(-c3ncc4c(N5CCCCCN5C)nc(OC[C@@]56CCCN5C[C@H](F)C6)nc4c3F)c12. The molecule has 228 valence electrons. The highest BCUT2D eigenvalue weighted by atomic mass is 19.1. The summed E-state index contributed by atoms with van der Waals surface area (Å²) < 4.78 is 52.2. The van der Waals surface area contributed by atoms with Gasteiger partial charge in [-0.3, -0.25) is 14.9 Å². The van der Waals surface area contributed by atoms with Crippen LogP contribution in [0.2, 0.25) is 0 Å². The topological polar surface area (TPSA) is 77.9 Å². The molecular formula is C33H33F3N6O2. The van der Waals surface area contributed by atoms with E-state index in [4.69, 9.17) is 16.1 Å². The molecule has 0 radical (unpaired) electrons. The van der Waals surface area contributed by atoms with Gasteiger partial charge in [-0.25, -0.2) is 18.2 Å². The molecule has 4 aromatic rings. The Morgan fingerprint density at radius 3 is 2.80 bits per heavy atom. The summed E-state index contributed by atoms with van der Waals surface area (Å²) in [7, 11) is 1.96. The number of hydrogen-bond donors (Lipinski definition) is 1. The average molecular weight is 603 g/mol. The quantitative estimate of drug-likeness (QED) is 0.296. The van der Waals surface area contributed by atoms with E-state index in [1.807, 2.05) is 12.1 Å². The first-order chi connectivity index (χ1) is 21.3. The van der Waals surface area contributed by atoms with Crippen molar-refractivity contribution >= 4 is 27.5 Å². The number of phenols is 1. The van der Waals surface area contributed by atoms with E-state index in [-0.39, 0.29) is 46.1 Å². The highest BCUT2D eigenvalue weighted by molar-refractivity contribution is 6.03. The van der Waals surface area contributed by atoms with Gasteiger partial charge in [0, 0.05) is 50.2 Å². The van der Waals surface area contributed by atoms with Crippen LogP contribution in [0.4, 0.5) is 19.0 Å². The first-order valence-corrected chi connectivity index (χ1v) is 15.1. The lowest BCUT2D eigenvalue weighted by Crippen LogP contribution is -2.43. The molecule has 5 heterocycles. The van der Waals surface area contributed by atoms with Crippen LogP contribution in [-0.4, -0.2) is 81.5 Å². The van der Waals surface area contributed by atoms with Crippen molar-refractivity contribution in [1.82, 2.24) is 24.9 Å². The highest BCUT2D eigenvalue weighted by Crippen LogP contribution is 2.42. The molecule has 0 saturated carbocycles. The van der Waals surface area contributed by atoms with Crippen molar-refractivity contribution in [2.75, 3.05) is 44.8 Å². The van der Waals surface area contributed by atoms with Crippen LogP contribution in [0.5, 0.6) is 11.8 Å². The molecule has 7 rings (SSSR count). The summed E-state index contributed by atoms with van der Waals surface area (Å²) in [5.74, 6) is 1.26. The highest BCUT2D eigenvalue weighted by Gasteiger charge is 2.49. The Kier molecular flexibility index (Phi) is 7.22. The molecule has 8 nitrogen and oxygen atoms in total. The monoisotopic (exact) mass is 602 g/mol. The zero-order valence-electron chi connectivity index (χ0n) is 24.5. The van der Waals surface area contributed by atoms with Crippen molar-refractivity contribution in [2.45, 2.75) is 50.2 Å². The van der Waals surface area contributed by atoms with Gasteiger partial charge in [0.05, 0.1) is 16.5 Å². The molecule has 2 atom stereocenters. The summed E-state index contributed by atoms with van der Waals surface area (Å²) in [6, 6.07) is 5.44. The van der Waals surface area contributed by atoms with E-state index in [1.165, 1.54) is 30.5 Å². The molecule has 44 heavy (non-hydrogen) atoms. The van der Waals surface area contributed by atoms with Gasteiger partial charge in [-0.05, 0) is 55.8 Å². The van der Waals surface area contributed by atoms with E-state index in [0.717, 1.165) is 45.2 Å². The number of fused-ring (bicyclic) bond motifs is 3. The first-order valence-electron chi connectivity index (χ1n) is 15.1. The van der Waals surface area contributed by atoms with Gasteiger partial charge in [0.2, 0.25) is 0 Å². The van der Waals surface area contributed by atoms with Crippen LogP contribution in [-0.2, 0) is 0 Å². The third-order valence-corrected chi connectivity index (χ3v) is 9.33. The summed E-state index contributed by atoms with van der Waals surface area (Å²) >= 11 is 0. The van der Waals surface area contributed by atoms with Crippen molar-refractivity contribution in [3.63, 3.8) is 0 Å². The predicted octanol–water partition coefficient (Wildman–Crippen LogP) is 5.60. The van der Waals surface area contributed by atoms with E-state index in [9.17, 15) is 13.9 Å². The van der Waals surface area contributed by atoms with E-state index < -0.39 is 23.3 Å². The number of alkyl halides is 1. The second-order valence-corrected chi connectivity index (χ2v) is 12.1. The van der Waals surface area contributed by atoms with Gasteiger partial charge in [-0.1, -0.05) is 18.4 Å². The molecule has 0 spiro atoms. The zero-order chi connectivity index (χ0) is 30.6. The third kappa shape index (κ3) is 4.77. The van der Waals surface area contributed by atoms with E-state index >= 15 is 4.39 Å². The zero-order valence-corrected chi connectivity index (χ0v) is 24.5. The van der Waals surface area contributed by atoms with Crippen LogP contribution in [0.3, 0.4) is 0 Å². The lowest BCUT2D eigenvalue weighted by atomic mass is 9.95. The normalized spacial score (nSPS) is 22.8. The van der Waals surface area contributed by atoms with Crippen LogP contribution < -0.4 is 9.75 Å². The van der Waals surface area contributed by atoms with Crippen molar-refractivity contribution in [3.05, 3.63) is 47.7 Å². The standard InChI is InChI=1S/C33H33F3N6O2/c1-3-23-26(35)9-8-20-14-22(43)15-24(27(20)23)29-28(36)30-25(17-37-29)31(42-13-6-4-5-11-40(42)2)39-32(38-30)44-19-33-10-7-12-41(33)18-21(34)16-33/h1,8-9,14-15,17,21,43H,4-7,10-13,16,18-19H2,2H3/t21-,33+/m1/s1. The Bertz CT molecular complexity index is 1810. The molecule has 0 unspecified atom stereocenters. The van der Waals surface area contributed by atoms with Gasteiger partial charge in [0.1, 0.15) is 35.6 Å². The maximum atomic E-state index is 16.7. The molecule has 0 bridgehead atoms. The number of benzene rings is 2. The lowest BCUT2D eigenvalue weighted by Gasteiger charge is -2.33. The Morgan fingerprint density at radius 2 is 1.95 bits per heavy atom. The number of aromatic hydroxyl groups is 1. The minimum absolute atomic E-state index is 0.0131. The van der Waals surface area contributed by atoms with Crippen LogP contribution in [0.15, 0.2) is 30.5 Å². The van der Waals surface area contributed by atoms with Crippen molar-refractivity contribution < 1.29 is 23.0 Å². The molecule has 3 fully saturated rings. The second kappa shape index (κ2) is 11.1. The van der Waals surface area contributed by atoms with Gasteiger partial charge in [-0.15, -0.1) is 6.42 Å². The van der Waals surface area contributed by atoms with Gasteiger partial charge in [0.15, 0.2) is 11.6 Å². The number of aromatic nitrogens is 3. The number of ether oxygens (including phenoxy) is 1. The Morgan fingerprint density at radius 1 is 1.11 bits per heavy atom. The summed E-state index contributed by atoms with van der Waals surface area (Å²) in [6.45, 7) is 2.84. The van der Waals surface area contributed by atoms with E-state index in [1.54, 1.807) is 0 Å². The fourth-order valence-electron chi connectivity index (χ4n) is 7.21. The molecule has 2 aromatic carbocycles. The maximum Gasteiger partial charge on any atom is 0.319 e. The second-order valence-electron chi connectivity index (χ2n) is 12.1. The number of terminal acetylenes is 1. The van der Waals surface area contributed by atoms with Gasteiger partial charge in [0.25, 0.3) is 0 Å². The summed E-state index contributed by atoms with van der Waals surface area (Å²) in [5.41, 5.74) is -0.521. The van der Waals surface area contributed by atoms with Crippen LogP contribution in [0.25, 0.3) is 32.9 Å². The van der Waals surface area contributed by atoms with Gasteiger partial charge in [-0.2, -0.15) is 9.97 Å². The number of phenolic OH excluding ortho intramolecular Hbond substituents is 1. The Hall–Kier alpha value is -4.14. The summed E-state index contributed by atoms with van der Waals surface area (Å²) in [6.07, 6.45) is 11.4. The first kappa shape index (κ1) is 28.6. The number of pyridine rings is 1. The van der Waals surface area contributed by atoms with Crippen molar-refractivity contribution in [3.8, 4) is 35.4 Å². The third-order valence-electron chi connectivity index (χ3n) is 9.33. The largest absolute Gasteiger partial charge is 0.508 e. The minimum Gasteiger partial charge on any atom is -0.508 e. The minimum atomic E-state index is -0.918. The van der Waals surface area contributed by atoms with Gasteiger partial charge < -0.3 is 9.84 Å². The molecule has 0 amide bonds. The number of nitrogens with zero attached hydrogens (tertiary/aromatic N) is 6. The summed E-state index contributed by atoms with van der Waals surface area (Å²) in [4.78, 5) is 15.9. The molecule has 0 aliphatic carbocycles. The lowest BCUT2D eigenvalue weighted by molar-refractivity contribution is 0.107. The molecule has 3 aliphatic heterocycles. The van der Waals surface area contributed by atoms with E-state index in [2.05, 4.69) is 25.8 Å². The molecule has 3 aliphatic rings. The predicted molar refractivity (Wildman–Crippen MR) is 162 cm³/mol. The van der Waals surface area contributed by atoms with Crippen molar-refractivity contribution in [2.24, 2.45) is 0 Å². The van der Waals surface area contributed by atoms with Crippen LogP contribution >= 0.6 is 0 Å². The number of anilines is 1. The summed E-state index contributed by atoms with van der Waals surface area (Å²) in [5, 5.41) is 15.6. The Labute approximate surface area is 253 Å². The Balaban J connectivity index is 1.39. The molecule has 11 heteroatoms. The maximum absolute atomic E-state index is 16.7.